The first-order valence-electron chi connectivity index (χ1n) is 6.50. The molecule has 1 saturated heterocycles. The number of nitrogens with one attached hydrogen (secondary N) is 1. The Labute approximate surface area is 112 Å². The number of ether oxygens (including phenoxy) is 1. The zero-order chi connectivity index (χ0) is 14.0. The molecule has 0 aliphatic carbocycles. The quantitative estimate of drug-likeness (QED) is 0.836. The summed E-state index contributed by atoms with van der Waals surface area (Å²) in [5.74, 6) is 0.148. The van der Waals surface area contributed by atoms with Gasteiger partial charge in [0.25, 0.3) is 0 Å². The van der Waals surface area contributed by atoms with Crippen LogP contribution in [0.1, 0.15) is 38.3 Å². The van der Waals surface area contributed by atoms with Crippen molar-refractivity contribution in [1.29, 1.82) is 0 Å². The number of aromatic nitrogens is 2. The summed E-state index contributed by atoms with van der Waals surface area (Å²) in [5.41, 5.74) is 1.01. The third-order valence-corrected chi connectivity index (χ3v) is 3.66. The van der Waals surface area contributed by atoms with E-state index in [2.05, 4.69) is 28.8 Å². The average molecular weight is 265 g/mol. The predicted molar refractivity (Wildman–Crippen MR) is 69.8 cm³/mol. The third-order valence-electron chi connectivity index (χ3n) is 3.66. The average Bonchev–Trinajstić information content (AvgIpc) is 3.03. The van der Waals surface area contributed by atoms with E-state index in [4.69, 9.17) is 0 Å². The summed E-state index contributed by atoms with van der Waals surface area (Å²) in [5, 5.41) is 7.12. The van der Waals surface area contributed by atoms with Gasteiger partial charge in [-0.25, -0.2) is 0 Å². The molecule has 6 heteroatoms. The molecule has 1 amide bonds. The first-order valence-corrected chi connectivity index (χ1v) is 6.50. The maximum atomic E-state index is 11.9. The third kappa shape index (κ3) is 2.62. The van der Waals surface area contributed by atoms with Crippen molar-refractivity contribution in [2.75, 3.05) is 18.6 Å². The van der Waals surface area contributed by atoms with Crippen LogP contribution in [0, 0.1) is 5.92 Å². The number of carbonyl (C=O) groups is 2. The molecular weight excluding hydrogens is 246 g/mol. The molecule has 0 radical (unpaired) electrons. The second-order valence-electron chi connectivity index (χ2n) is 4.92. The molecule has 0 bridgehead atoms. The Morgan fingerprint density at radius 3 is 3.05 bits per heavy atom. The van der Waals surface area contributed by atoms with Crippen LogP contribution >= 0.6 is 0 Å². The highest BCUT2D eigenvalue weighted by molar-refractivity contribution is 5.98. The normalized spacial score (nSPS) is 20.7. The van der Waals surface area contributed by atoms with E-state index in [0.29, 0.717) is 18.3 Å². The first-order chi connectivity index (χ1) is 9.06. The lowest BCUT2D eigenvalue weighted by Crippen LogP contribution is -2.26. The molecule has 1 N–H and O–H groups in total. The van der Waals surface area contributed by atoms with Crippen LogP contribution in [-0.2, 0) is 14.3 Å². The molecule has 1 aliphatic rings. The standard InChI is InChI=1S/C13H19N3O3/c1-4-8(2)10-6-11(15-14-10)16-7-9(5-12(16)17)13(18)19-3/h6,8-9H,4-5,7H2,1-3H3,(H,14,15). The van der Waals surface area contributed by atoms with Crippen LogP contribution in [0.2, 0.25) is 0 Å². The lowest BCUT2D eigenvalue weighted by atomic mass is 10.1. The molecule has 1 fully saturated rings. The van der Waals surface area contributed by atoms with Gasteiger partial charge in [0, 0.05) is 24.7 Å². The number of hydrogen-bond donors (Lipinski definition) is 1. The van der Waals surface area contributed by atoms with Gasteiger partial charge in [-0.3, -0.25) is 19.6 Å². The minimum atomic E-state index is -0.388. The van der Waals surface area contributed by atoms with Gasteiger partial charge < -0.3 is 4.74 Å². The number of nitrogens with zero attached hydrogens (tertiary/aromatic N) is 2. The first kappa shape index (κ1) is 13.6. The van der Waals surface area contributed by atoms with Crippen molar-refractivity contribution in [3.8, 4) is 0 Å². The lowest BCUT2D eigenvalue weighted by Gasteiger charge is -2.12. The molecule has 19 heavy (non-hydrogen) atoms. The number of aromatic amines is 1. The second kappa shape index (κ2) is 5.42. The molecule has 0 aromatic carbocycles. The summed E-state index contributed by atoms with van der Waals surface area (Å²) in [7, 11) is 1.34. The van der Waals surface area contributed by atoms with Crippen LogP contribution in [0.5, 0.6) is 0 Å². The van der Waals surface area contributed by atoms with Crippen LogP contribution in [0.3, 0.4) is 0 Å². The van der Waals surface area contributed by atoms with Crippen molar-refractivity contribution in [2.24, 2.45) is 5.92 Å². The summed E-state index contributed by atoms with van der Waals surface area (Å²) in [6, 6.07) is 1.88. The summed E-state index contributed by atoms with van der Waals surface area (Å²) >= 11 is 0. The van der Waals surface area contributed by atoms with Gasteiger partial charge in [0.15, 0.2) is 5.82 Å². The van der Waals surface area contributed by atoms with Crippen molar-refractivity contribution in [3.05, 3.63) is 11.8 Å². The van der Waals surface area contributed by atoms with E-state index in [1.807, 2.05) is 6.07 Å². The van der Waals surface area contributed by atoms with E-state index in [1.165, 1.54) is 7.11 Å². The Bertz CT molecular complexity index is 483. The number of methoxy groups -OCH3 is 1. The van der Waals surface area contributed by atoms with Gasteiger partial charge in [-0.1, -0.05) is 13.8 Å². The Kier molecular flexibility index (Phi) is 3.87. The van der Waals surface area contributed by atoms with E-state index < -0.39 is 0 Å². The minimum Gasteiger partial charge on any atom is -0.469 e. The van der Waals surface area contributed by atoms with Gasteiger partial charge in [-0.05, 0) is 12.3 Å². The van der Waals surface area contributed by atoms with Crippen molar-refractivity contribution in [2.45, 2.75) is 32.6 Å². The largest absolute Gasteiger partial charge is 0.469 e. The highest BCUT2D eigenvalue weighted by Crippen LogP contribution is 2.27. The Hall–Kier alpha value is -1.85. The molecular formula is C13H19N3O3. The number of rotatable bonds is 4. The smallest absolute Gasteiger partial charge is 0.311 e. The molecule has 2 rings (SSSR count). The number of esters is 1. The minimum absolute atomic E-state index is 0.0856. The summed E-state index contributed by atoms with van der Waals surface area (Å²) in [6.45, 7) is 4.54. The molecule has 1 aromatic rings. The van der Waals surface area contributed by atoms with E-state index >= 15 is 0 Å². The van der Waals surface area contributed by atoms with E-state index in [0.717, 1.165) is 12.1 Å². The van der Waals surface area contributed by atoms with Gasteiger partial charge in [0.2, 0.25) is 5.91 Å². The highest BCUT2D eigenvalue weighted by atomic mass is 16.5. The van der Waals surface area contributed by atoms with Gasteiger partial charge in [-0.15, -0.1) is 0 Å². The number of carbonyl (C=O) groups excluding carboxylic acids is 2. The van der Waals surface area contributed by atoms with E-state index in [1.54, 1.807) is 4.90 Å². The van der Waals surface area contributed by atoms with Crippen molar-refractivity contribution in [1.82, 2.24) is 10.2 Å². The van der Waals surface area contributed by atoms with Crippen LogP contribution in [-0.4, -0.2) is 35.7 Å². The maximum absolute atomic E-state index is 11.9. The van der Waals surface area contributed by atoms with E-state index in [-0.39, 0.29) is 24.2 Å². The molecule has 0 saturated carbocycles. The zero-order valence-electron chi connectivity index (χ0n) is 11.5. The molecule has 2 atom stereocenters. The fourth-order valence-corrected chi connectivity index (χ4v) is 2.19. The maximum Gasteiger partial charge on any atom is 0.311 e. The van der Waals surface area contributed by atoms with Gasteiger partial charge in [0.05, 0.1) is 13.0 Å². The van der Waals surface area contributed by atoms with Crippen molar-refractivity contribution in [3.63, 3.8) is 0 Å². The molecule has 2 heterocycles. The van der Waals surface area contributed by atoms with Crippen molar-refractivity contribution < 1.29 is 14.3 Å². The molecule has 104 valence electrons. The van der Waals surface area contributed by atoms with Crippen LogP contribution < -0.4 is 4.90 Å². The van der Waals surface area contributed by atoms with Crippen LogP contribution in [0.25, 0.3) is 0 Å². The Morgan fingerprint density at radius 2 is 2.42 bits per heavy atom. The van der Waals surface area contributed by atoms with Crippen LogP contribution in [0.15, 0.2) is 6.07 Å². The number of hydrogen-bond acceptors (Lipinski definition) is 4. The predicted octanol–water partition coefficient (Wildman–Crippen LogP) is 1.45. The molecule has 1 aromatic heterocycles. The summed E-state index contributed by atoms with van der Waals surface area (Å²) in [6.07, 6.45) is 1.19. The Morgan fingerprint density at radius 1 is 1.68 bits per heavy atom. The van der Waals surface area contributed by atoms with Gasteiger partial charge in [0.1, 0.15) is 0 Å². The van der Waals surface area contributed by atoms with Crippen LogP contribution in [0.4, 0.5) is 5.82 Å². The fourth-order valence-electron chi connectivity index (χ4n) is 2.19. The SMILES string of the molecule is CCC(C)c1cc(N2CC(C(=O)OC)CC2=O)n[nH]1. The van der Waals surface area contributed by atoms with Crippen molar-refractivity contribution >= 4 is 17.7 Å². The van der Waals surface area contributed by atoms with Gasteiger partial charge in [-0.2, -0.15) is 5.10 Å². The number of anilines is 1. The Balaban J connectivity index is 2.12. The summed E-state index contributed by atoms with van der Waals surface area (Å²) < 4.78 is 4.68. The molecule has 6 nitrogen and oxygen atoms in total. The van der Waals surface area contributed by atoms with Gasteiger partial charge >= 0.3 is 5.97 Å². The molecule has 2 unspecified atom stereocenters. The monoisotopic (exact) mass is 265 g/mol. The fraction of sp³-hybridized carbons (Fsp3) is 0.615. The zero-order valence-corrected chi connectivity index (χ0v) is 11.5. The lowest BCUT2D eigenvalue weighted by molar-refractivity contribution is -0.145. The number of H-pyrrole nitrogens is 1. The topological polar surface area (TPSA) is 75.3 Å². The van der Waals surface area contributed by atoms with E-state index in [9.17, 15) is 9.59 Å². The molecule has 0 spiro atoms. The second-order valence-corrected chi connectivity index (χ2v) is 4.92. The summed E-state index contributed by atoms with van der Waals surface area (Å²) in [4.78, 5) is 24.9. The molecule has 1 aliphatic heterocycles. The number of amides is 1. The highest BCUT2D eigenvalue weighted by Gasteiger charge is 2.36.